The average Bonchev–Trinajstić information content (AvgIpc) is 3.52. The van der Waals surface area contributed by atoms with Crippen LogP contribution in [0.4, 0.5) is 31.1 Å². The van der Waals surface area contributed by atoms with Gasteiger partial charge in [-0.05, 0) is 35.7 Å². The summed E-state index contributed by atoms with van der Waals surface area (Å²) in [6.45, 7) is 0.940. The highest BCUT2D eigenvalue weighted by Gasteiger charge is 2.52. The Kier molecular flexibility index (Phi) is 9.31. The van der Waals surface area contributed by atoms with Crippen molar-refractivity contribution < 1.29 is 45.5 Å². The summed E-state index contributed by atoms with van der Waals surface area (Å²) >= 11 is 0. The monoisotopic (exact) mass is 651 g/mol. The molecule has 1 N–H and O–H groups in total. The second-order valence-corrected chi connectivity index (χ2v) is 11.3. The Bertz CT molecular complexity index is 1510. The number of alkyl halides is 6. The van der Waals surface area contributed by atoms with Gasteiger partial charge in [0.1, 0.15) is 18.8 Å². The predicted octanol–water partition coefficient (Wildman–Crippen LogP) is 5.62. The zero-order chi connectivity index (χ0) is 33.2. The topological polar surface area (TPSA) is 98.8 Å². The van der Waals surface area contributed by atoms with E-state index in [2.05, 4.69) is 9.97 Å². The van der Waals surface area contributed by atoms with Crippen LogP contribution in [-0.2, 0) is 46.3 Å². The zero-order valence-electron chi connectivity index (χ0n) is 24.6. The molecule has 2 saturated heterocycles. The number of H-pyrrole nitrogens is 1. The Balaban J connectivity index is 1.46. The molecule has 3 amide bonds. The molecule has 15 heteroatoms. The van der Waals surface area contributed by atoms with Crippen LogP contribution in [0.25, 0.3) is 0 Å². The molecule has 2 fully saturated rings. The fourth-order valence-electron chi connectivity index (χ4n) is 5.94. The van der Waals surface area contributed by atoms with Crippen molar-refractivity contribution in [3.8, 4) is 0 Å². The van der Waals surface area contributed by atoms with E-state index in [0.717, 1.165) is 5.56 Å². The molecule has 3 atom stereocenters. The number of imidazole rings is 1. The summed E-state index contributed by atoms with van der Waals surface area (Å²) in [7, 11) is 0. The number of carbonyl (C=O) groups is 3. The first-order valence-corrected chi connectivity index (χ1v) is 14.6. The summed E-state index contributed by atoms with van der Waals surface area (Å²) in [5.41, 5.74) is -2.20. The molecule has 246 valence electrons. The minimum atomic E-state index is -5.07. The Hall–Kier alpha value is -4.56. The lowest BCUT2D eigenvalue weighted by atomic mass is 9.92. The van der Waals surface area contributed by atoms with Crippen molar-refractivity contribution in [3.05, 3.63) is 89.0 Å². The summed E-state index contributed by atoms with van der Waals surface area (Å²) in [6, 6.07) is 9.03. The van der Waals surface area contributed by atoms with Crippen molar-refractivity contribution in [1.82, 2.24) is 24.7 Å². The number of hydrogen-bond acceptors (Lipinski definition) is 5. The van der Waals surface area contributed by atoms with E-state index in [-0.39, 0.29) is 43.9 Å². The molecule has 5 rings (SSSR count). The van der Waals surface area contributed by atoms with Crippen LogP contribution in [0.3, 0.4) is 0 Å². The molecule has 2 aliphatic rings. The molecule has 0 unspecified atom stereocenters. The minimum Gasteiger partial charge on any atom is -0.444 e. The van der Waals surface area contributed by atoms with Crippen LogP contribution in [0.2, 0.25) is 0 Å². The van der Waals surface area contributed by atoms with Crippen LogP contribution in [-0.4, -0.2) is 67.9 Å². The van der Waals surface area contributed by atoms with Gasteiger partial charge in [-0.15, -0.1) is 0 Å². The van der Waals surface area contributed by atoms with E-state index in [1.807, 2.05) is 25.1 Å². The van der Waals surface area contributed by atoms with Gasteiger partial charge in [0.05, 0.1) is 29.9 Å². The van der Waals surface area contributed by atoms with Crippen molar-refractivity contribution in [2.75, 3.05) is 13.1 Å². The maximum atomic E-state index is 13.9. The van der Waals surface area contributed by atoms with Crippen molar-refractivity contribution in [3.63, 3.8) is 0 Å². The van der Waals surface area contributed by atoms with Crippen molar-refractivity contribution >= 4 is 17.9 Å². The zero-order valence-corrected chi connectivity index (χ0v) is 24.6. The van der Waals surface area contributed by atoms with Crippen LogP contribution >= 0.6 is 0 Å². The molecule has 2 aromatic carbocycles. The third-order valence-corrected chi connectivity index (χ3v) is 8.08. The Morgan fingerprint density at radius 1 is 0.957 bits per heavy atom. The SMILES string of the molecule is CCC[C@@H]1CN(C(=O)OCc2cc(C(F)(F)F)cc(C(F)(F)F)c2)[C@H]2CN(Cc3ccccc3)C(=O)[C@H](Cc3cnc[nH]3)N2C1=O. The first-order valence-electron chi connectivity index (χ1n) is 14.6. The second-order valence-electron chi connectivity index (χ2n) is 11.3. The summed E-state index contributed by atoms with van der Waals surface area (Å²) in [5.74, 6) is -1.39. The molecular formula is C31H31F6N5O4. The molecule has 0 saturated carbocycles. The lowest BCUT2D eigenvalue weighted by Gasteiger charge is -2.53. The fourth-order valence-corrected chi connectivity index (χ4v) is 5.94. The molecular weight excluding hydrogens is 620 g/mol. The standard InChI is InChI=1S/C31H31F6N5O4/c1-2-6-21-15-41(29(45)46-17-20-9-22(30(32,33)34)11-23(10-20)31(35,36)37)26-16-40(14-19-7-4-3-5-8-19)28(44)25(42(26)27(21)43)12-24-13-38-18-39-24/h3-5,7-11,13,18,21,25-26H,2,6,12,14-17H2,1H3,(H,38,39)/t21-,25+,26-/m1/s1. The second kappa shape index (κ2) is 13.0. The first-order chi connectivity index (χ1) is 21.8. The molecule has 2 aliphatic heterocycles. The highest BCUT2D eigenvalue weighted by Crippen LogP contribution is 2.37. The number of nitrogens with one attached hydrogen (secondary N) is 1. The van der Waals surface area contributed by atoms with E-state index in [9.17, 15) is 40.7 Å². The van der Waals surface area contributed by atoms with Gasteiger partial charge < -0.3 is 19.5 Å². The molecule has 0 spiro atoms. The number of aromatic nitrogens is 2. The molecule has 46 heavy (non-hydrogen) atoms. The number of aromatic amines is 1. The van der Waals surface area contributed by atoms with Gasteiger partial charge in [-0.25, -0.2) is 9.78 Å². The number of rotatable bonds is 8. The molecule has 1 aromatic heterocycles. The van der Waals surface area contributed by atoms with Crippen molar-refractivity contribution in [1.29, 1.82) is 0 Å². The number of nitrogens with zero attached hydrogens (tertiary/aromatic N) is 4. The average molecular weight is 652 g/mol. The lowest BCUT2D eigenvalue weighted by molar-refractivity contribution is -0.173. The van der Waals surface area contributed by atoms with Crippen molar-refractivity contribution in [2.24, 2.45) is 5.92 Å². The van der Waals surface area contributed by atoms with Crippen LogP contribution in [0, 0.1) is 5.92 Å². The molecule has 0 aliphatic carbocycles. The number of ether oxygens (including phenoxy) is 1. The third kappa shape index (κ3) is 7.12. The fraction of sp³-hybridized carbons (Fsp3) is 0.419. The van der Waals surface area contributed by atoms with Gasteiger partial charge in [0.15, 0.2) is 0 Å². The lowest BCUT2D eigenvalue weighted by Crippen LogP contribution is -2.73. The molecule has 0 radical (unpaired) electrons. The van der Waals surface area contributed by atoms with E-state index >= 15 is 0 Å². The van der Waals surface area contributed by atoms with E-state index in [1.165, 1.54) is 27.2 Å². The van der Waals surface area contributed by atoms with Crippen LogP contribution in [0.15, 0.2) is 61.1 Å². The minimum absolute atomic E-state index is 0.00498. The van der Waals surface area contributed by atoms with Crippen LogP contribution in [0.5, 0.6) is 0 Å². The highest BCUT2D eigenvalue weighted by atomic mass is 19.4. The summed E-state index contributed by atoms with van der Waals surface area (Å²) < 4.78 is 85.7. The van der Waals surface area contributed by atoms with Gasteiger partial charge >= 0.3 is 18.4 Å². The summed E-state index contributed by atoms with van der Waals surface area (Å²) in [5, 5.41) is 0. The summed E-state index contributed by atoms with van der Waals surface area (Å²) in [4.78, 5) is 52.4. The molecule has 9 nitrogen and oxygen atoms in total. The van der Waals surface area contributed by atoms with Gasteiger partial charge in [0.2, 0.25) is 11.8 Å². The number of hydrogen-bond donors (Lipinski definition) is 1. The van der Waals surface area contributed by atoms with Gasteiger partial charge in [-0.1, -0.05) is 43.7 Å². The first kappa shape index (κ1) is 32.8. The number of fused-ring (bicyclic) bond motifs is 1. The van der Waals surface area contributed by atoms with Crippen LogP contribution < -0.4 is 0 Å². The van der Waals surface area contributed by atoms with Crippen LogP contribution in [0.1, 0.15) is 47.7 Å². The number of halogens is 6. The van der Waals surface area contributed by atoms with Gasteiger partial charge in [0.25, 0.3) is 0 Å². The maximum absolute atomic E-state index is 13.9. The van der Waals surface area contributed by atoms with Gasteiger partial charge in [-0.2, -0.15) is 26.3 Å². The van der Waals surface area contributed by atoms with E-state index in [1.54, 1.807) is 12.1 Å². The highest BCUT2D eigenvalue weighted by molar-refractivity contribution is 5.92. The molecule has 3 heterocycles. The van der Waals surface area contributed by atoms with E-state index < -0.39 is 59.9 Å². The quantitative estimate of drug-likeness (QED) is 0.319. The smallest absolute Gasteiger partial charge is 0.416 e. The number of benzene rings is 2. The Morgan fingerprint density at radius 3 is 2.22 bits per heavy atom. The number of carbonyl (C=O) groups excluding carboxylic acids is 3. The normalized spacial score (nSPS) is 20.6. The van der Waals surface area contributed by atoms with Gasteiger partial charge in [-0.3, -0.25) is 14.5 Å². The largest absolute Gasteiger partial charge is 0.444 e. The Morgan fingerprint density at radius 2 is 1.63 bits per heavy atom. The molecule has 0 bridgehead atoms. The Labute approximate surface area is 260 Å². The van der Waals surface area contributed by atoms with Crippen molar-refractivity contribution in [2.45, 2.75) is 63.9 Å². The van der Waals surface area contributed by atoms with E-state index in [4.69, 9.17) is 4.74 Å². The number of amides is 3. The van der Waals surface area contributed by atoms with Gasteiger partial charge in [0, 0.05) is 31.4 Å². The molecule has 3 aromatic rings. The summed E-state index contributed by atoms with van der Waals surface area (Å²) in [6.07, 6.45) is -8.22. The predicted molar refractivity (Wildman–Crippen MR) is 150 cm³/mol. The van der Waals surface area contributed by atoms with E-state index in [0.29, 0.717) is 30.7 Å². The maximum Gasteiger partial charge on any atom is 0.416 e. The number of piperazine rings is 1. The third-order valence-electron chi connectivity index (χ3n) is 8.08.